The molecule has 0 radical (unpaired) electrons. The number of pyridine rings is 1. The largest absolute Gasteiger partial charge is 0.271 e. The van der Waals surface area contributed by atoms with Gasteiger partial charge in [0.05, 0.1) is 11.6 Å². The summed E-state index contributed by atoms with van der Waals surface area (Å²) in [4.78, 5) is 4.50. The van der Waals surface area contributed by atoms with Gasteiger partial charge in [-0.05, 0) is 29.5 Å². The number of hydrogen-bond donors (Lipinski definition) is 2. The summed E-state index contributed by atoms with van der Waals surface area (Å²) in [5, 5.41) is 1.15. The molecule has 0 saturated heterocycles. The first-order valence-corrected chi connectivity index (χ1v) is 6.39. The molecule has 1 aromatic carbocycles. The zero-order valence-electron chi connectivity index (χ0n) is 11.3. The fraction of sp³-hybridized carbons (Fsp3) is 0.400. The van der Waals surface area contributed by atoms with Crippen LogP contribution in [0.25, 0.3) is 10.9 Å². The Kier molecular flexibility index (Phi) is 3.64. The fourth-order valence-corrected chi connectivity index (χ4v) is 2.22. The Labute approximate surface area is 108 Å². The number of nitrogens with one attached hydrogen (secondary N) is 1. The van der Waals surface area contributed by atoms with Gasteiger partial charge in [-0.15, -0.1) is 0 Å². The third-order valence-corrected chi connectivity index (χ3v) is 3.80. The summed E-state index contributed by atoms with van der Waals surface area (Å²) in [7, 11) is 0. The molecule has 1 heterocycles. The van der Waals surface area contributed by atoms with Crippen molar-refractivity contribution in [3.63, 3.8) is 0 Å². The van der Waals surface area contributed by atoms with E-state index < -0.39 is 0 Å². The zero-order chi connectivity index (χ0) is 13.2. The standard InChI is InChI=1S/C15H21N3/c1-4-15(2,3)14(18-16)12-9-11-7-5-6-8-13(11)17-10-12/h5-10,14,18H,4,16H2,1-3H3. The van der Waals surface area contributed by atoms with Gasteiger partial charge in [-0.1, -0.05) is 39.0 Å². The SMILES string of the molecule is CCC(C)(C)C(NN)c1cnc2ccccc2c1. The Morgan fingerprint density at radius 2 is 2.06 bits per heavy atom. The number of fused-ring (bicyclic) bond motifs is 1. The van der Waals surface area contributed by atoms with Gasteiger partial charge in [0.1, 0.15) is 0 Å². The van der Waals surface area contributed by atoms with Crippen molar-refractivity contribution in [1.82, 2.24) is 10.4 Å². The van der Waals surface area contributed by atoms with E-state index in [0.717, 1.165) is 22.9 Å². The average Bonchev–Trinajstić information content (AvgIpc) is 2.39. The molecule has 0 saturated carbocycles. The van der Waals surface area contributed by atoms with E-state index in [9.17, 15) is 0 Å². The van der Waals surface area contributed by atoms with Gasteiger partial charge in [-0.3, -0.25) is 16.3 Å². The number of hydrazine groups is 1. The molecule has 2 rings (SSSR count). The third-order valence-electron chi connectivity index (χ3n) is 3.80. The second kappa shape index (κ2) is 5.04. The smallest absolute Gasteiger partial charge is 0.0702 e. The summed E-state index contributed by atoms with van der Waals surface area (Å²) in [6.45, 7) is 6.61. The van der Waals surface area contributed by atoms with Gasteiger partial charge in [0.25, 0.3) is 0 Å². The van der Waals surface area contributed by atoms with Crippen molar-refractivity contribution in [2.45, 2.75) is 33.2 Å². The number of nitrogens with zero attached hydrogens (tertiary/aromatic N) is 1. The van der Waals surface area contributed by atoms with Gasteiger partial charge in [-0.2, -0.15) is 0 Å². The van der Waals surface area contributed by atoms with Crippen molar-refractivity contribution in [1.29, 1.82) is 0 Å². The molecule has 0 spiro atoms. The Balaban J connectivity index is 2.46. The van der Waals surface area contributed by atoms with Crippen LogP contribution in [-0.4, -0.2) is 4.98 Å². The van der Waals surface area contributed by atoms with Crippen molar-refractivity contribution in [3.8, 4) is 0 Å². The molecule has 0 aliphatic heterocycles. The number of nitrogens with two attached hydrogens (primary N) is 1. The molecule has 0 fully saturated rings. The molecule has 3 nitrogen and oxygen atoms in total. The van der Waals surface area contributed by atoms with Crippen LogP contribution in [0.15, 0.2) is 36.5 Å². The molecule has 0 bridgehead atoms. The molecule has 0 aliphatic carbocycles. The molecule has 3 heteroatoms. The lowest BCUT2D eigenvalue weighted by atomic mass is 9.79. The van der Waals surface area contributed by atoms with Gasteiger partial charge in [0, 0.05) is 11.6 Å². The Bertz CT molecular complexity index is 534. The van der Waals surface area contributed by atoms with E-state index in [4.69, 9.17) is 5.84 Å². The van der Waals surface area contributed by atoms with Crippen LogP contribution in [-0.2, 0) is 0 Å². The van der Waals surface area contributed by atoms with E-state index in [0.29, 0.717) is 0 Å². The van der Waals surface area contributed by atoms with E-state index in [-0.39, 0.29) is 11.5 Å². The third kappa shape index (κ3) is 2.37. The molecular formula is C15H21N3. The quantitative estimate of drug-likeness (QED) is 0.640. The van der Waals surface area contributed by atoms with Crippen molar-refractivity contribution >= 4 is 10.9 Å². The highest BCUT2D eigenvalue weighted by Gasteiger charge is 2.28. The Morgan fingerprint density at radius 1 is 1.33 bits per heavy atom. The van der Waals surface area contributed by atoms with Gasteiger partial charge in [-0.25, -0.2) is 0 Å². The molecule has 18 heavy (non-hydrogen) atoms. The van der Waals surface area contributed by atoms with Crippen LogP contribution in [0.4, 0.5) is 0 Å². The van der Waals surface area contributed by atoms with E-state index in [1.54, 1.807) is 0 Å². The molecular weight excluding hydrogens is 222 g/mol. The summed E-state index contributed by atoms with van der Waals surface area (Å²) in [6, 6.07) is 10.4. The first-order valence-electron chi connectivity index (χ1n) is 6.39. The first kappa shape index (κ1) is 13.0. The van der Waals surface area contributed by atoms with Crippen LogP contribution in [0.5, 0.6) is 0 Å². The highest BCUT2D eigenvalue weighted by molar-refractivity contribution is 5.78. The maximum Gasteiger partial charge on any atom is 0.0702 e. The maximum atomic E-state index is 5.73. The molecule has 0 aliphatic rings. The monoisotopic (exact) mass is 243 g/mol. The number of rotatable bonds is 4. The second-order valence-electron chi connectivity index (χ2n) is 5.40. The summed E-state index contributed by atoms with van der Waals surface area (Å²) in [5.41, 5.74) is 5.19. The van der Waals surface area contributed by atoms with Crippen LogP contribution in [0.2, 0.25) is 0 Å². The first-order chi connectivity index (χ1) is 8.58. The van der Waals surface area contributed by atoms with Gasteiger partial charge < -0.3 is 0 Å². The molecule has 1 unspecified atom stereocenters. The lowest BCUT2D eigenvalue weighted by Crippen LogP contribution is -2.38. The summed E-state index contributed by atoms with van der Waals surface area (Å²) in [6.07, 6.45) is 2.97. The van der Waals surface area contributed by atoms with E-state index >= 15 is 0 Å². The van der Waals surface area contributed by atoms with Crippen LogP contribution >= 0.6 is 0 Å². The molecule has 3 N–H and O–H groups in total. The Hall–Kier alpha value is -1.45. The van der Waals surface area contributed by atoms with E-state index in [2.05, 4.69) is 43.3 Å². The summed E-state index contributed by atoms with van der Waals surface area (Å²) in [5.74, 6) is 5.73. The van der Waals surface area contributed by atoms with Crippen molar-refractivity contribution < 1.29 is 0 Å². The number of hydrogen-bond acceptors (Lipinski definition) is 3. The van der Waals surface area contributed by atoms with Gasteiger partial charge in [0.15, 0.2) is 0 Å². The second-order valence-corrected chi connectivity index (χ2v) is 5.40. The zero-order valence-corrected chi connectivity index (χ0v) is 11.3. The summed E-state index contributed by atoms with van der Waals surface area (Å²) < 4.78 is 0. The van der Waals surface area contributed by atoms with Gasteiger partial charge >= 0.3 is 0 Å². The van der Waals surface area contributed by atoms with Crippen LogP contribution in [0.1, 0.15) is 38.8 Å². The lowest BCUT2D eigenvalue weighted by Gasteiger charge is -2.33. The van der Waals surface area contributed by atoms with Crippen LogP contribution in [0, 0.1) is 5.41 Å². The molecule has 2 aromatic rings. The molecule has 1 aromatic heterocycles. The number of aromatic nitrogens is 1. The predicted octanol–water partition coefficient (Wildman–Crippen LogP) is 3.18. The highest BCUT2D eigenvalue weighted by atomic mass is 15.2. The van der Waals surface area contributed by atoms with Crippen LogP contribution in [0.3, 0.4) is 0 Å². The maximum absolute atomic E-state index is 5.73. The van der Waals surface area contributed by atoms with Crippen molar-refractivity contribution in [2.24, 2.45) is 11.3 Å². The molecule has 0 amide bonds. The highest BCUT2D eigenvalue weighted by Crippen LogP contribution is 2.36. The van der Waals surface area contributed by atoms with Crippen LogP contribution < -0.4 is 11.3 Å². The normalized spacial score (nSPS) is 13.8. The predicted molar refractivity (Wildman–Crippen MR) is 75.9 cm³/mol. The minimum Gasteiger partial charge on any atom is -0.271 e. The lowest BCUT2D eigenvalue weighted by molar-refractivity contribution is 0.236. The Morgan fingerprint density at radius 3 is 2.72 bits per heavy atom. The minimum atomic E-state index is 0.0961. The molecule has 1 atom stereocenters. The number of para-hydroxylation sites is 1. The van der Waals surface area contributed by atoms with Crippen molar-refractivity contribution in [3.05, 3.63) is 42.1 Å². The average molecular weight is 243 g/mol. The van der Waals surface area contributed by atoms with Crippen molar-refractivity contribution in [2.75, 3.05) is 0 Å². The van der Waals surface area contributed by atoms with E-state index in [1.807, 2.05) is 24.4 Å². The minimum absolute atomic E-state index is 0.0961. The summed E-state index contributed by atoms with van der Waals surface area (Å²) >= 11 is 0. The van der Waals surface area contributed by atoms with E-state index in [1.165, 1.54) is 0 Å². The fourth-order valence-electron chi connectivity index (χ4n) is 2.22. The van der Waals surface area contributed by atoms with Gasteiger partial charge in [0.2, 0.25) is 0 Å². The topological polar surface area (TPSA) is 50.9 Å². The molecule has 96 valence electrons. The number of benzene rings is 1.